The van der Waals surface area contributed by atoms with E-state index in [1.54, 1.807) is 4.98 Å². The average Bonchev–Trinajstić information content (AvgIpc) is 3.10. The summed E-state index contributed by atoms with van der Waals surface area (Å²) in [4.78, 5) is 24.9. The monoisotopic (exact) mass is 274 g/mol. The lowest BCUT2D eigenvalue weighted by atomic mass is 10.2. The molecule has 1 aliphatic carbocycles. The van der Waals surface area contributed by atoms with Crippen LogP contribution in [0.4, 0.5) is 13.2 Å². The third-order valence-electron chi connectivity index (χ3n) is 3.15. The summed E-state index contributed by atoms with van der Waals surface area (Å²) in [7, 11) is 0. The van der Waals surface area contributed by atoms with Crippen molar-refractivity contribution >= 4 is 5.91 Å². The van der Waals surface area contributed by atoms with Crippen LogP contribution in [-0.4, -0.2) is 16.9 Å². The number of amides is 1. The van der Waals surface area contributed by atoms with Crippen molar-refractivity contribution in [2.75, 3.05) is 0 Å². The first-order valence-corrected chi connectivity index (χ1v) is 5.90. The van der Waals surface area contributed by atoms with Gasteiger partial charge in [0.2, 0.25) is 0 Å². The normalized spacial score (nSPS) is 17.1. The van der Waals surface area contributed by atoms with Crippen LogP contribution in [-0.2, 0) is 6.18 Å². The van der Waals surface area contributed by atoms with E-state index in [1.807, 2.05) is 6.92 Å². The molecule has 0 bridgehead atoms. The molecule has 0 aromatic carbocycles. The highest BCUT2D eigenvalue weighted by Gasteiger charge is 2.33. The Morgan fingerprint density at radius 1 is 1.42 bits per heavy atom. The van der Waals surface area contributed by atoms with Gasteiger partial charge in [-0.3, -0.25) is 9.59 Å². The average molecular weight is 274 g/mol. The lowest BCUT2D eigenvalue weighted by Gasteiger charge is -2.12. The van der Waals surface area contributed by atoms with Crippen LogP contribution in [0, 0.1) is 5.92 Å². The first kappa shape index (κ1) is 13.6. The van der Waals surface area contributed by atoms with E-state index in [0.29, 0.717) is 12.0 Å². The molecule has 0 spiro atoms. The van der Waals surface area contributed by atoms with Gasteiger partial charge >= 0.3 is 6.18 Å². The van der Waals surface area contributed by atoms with E-state index in [0.717, 1.165) is 18.9 Å². The lowest BCUT2D eigenvalue weighted by molar-refractivity contribution is -0.141. The Balaban J connectivity index is 2.16. The van der Waals surface area contributed by atoms with E-state index in [1.165, 1.54) is 0 Å². The Labute approximate surface area is 107 Å². The second-order valence-electron chi connectivity index (χ2n) is 4.71. The molecule has 7 heteroatoms. The van der Waals surface area contributed by atoms with Crippen LogP contribution in [0.25, 0.3) is 0 Å². The first-order chi connectivity index (χ1) is 8.79. The number of rotatable bonds is 3. The summed E-state index contributed by atoms with van der Waals surface area (Å²) in [5.74, 6) is -0.244. The number of H-pyrrole nitrogens is 1. The summed E-state index contributed by atoms with van der Waals surface area (Å²) in [6.07, 6.45) is -2.59. The molecule has 1 aliphatic rings. The second kappa shape index (κ2) is 4.71. The van der Waals surface area contributed by atoms with Crippen LogP contribution in [0.15, 0.2) is 16.9 Å². The zero-order valence-electron chi connectivity index (χ0n) is 10.2. The lowest BCUT2D eigenvalue weighted by Crippen LogP contribution is -2.37. The van der Waals surface area contributed by atoms with Crippen LogP contribution in [0.3, 0.4) is 0 Å². The largest absolute Gasteiger partial charge is 0.431 e. The molecule has 0 saturated heterocycles. The molecule has 1 heterocycles. The van der Waals surface area contributed by atoms with Gasteiger partial charge in [-0.1, -0.05) is 0 Å². The Bertz CT molecular complexity index is 547. The van der Waals surface area contributed by atoms with E-state index in [4.69, 9.17) is 0 Å². The van der Waals surface area contributed by atoms with Gasteiger partial charge in [-0.15, -0.1) is 0 Å². The van der Waals surface area contributed by atoms with Gasteiger partial charge in [0, 0.05) is 6.04 Å². The summed E-state index contributed by atoms with van der Waals surface area (Å²) in [6.45, 7) is 1.81. The number of hydrogen-bond acceptors (Lipinski definition) is 2. The van der Waals surface area contributed by atoms with Crippen molar-refractivity contribution in [3.05, 3.63) is 33.7 Å². The molecular weight excluding hydrogens is 261 g/mol. The predicted molar refractivity (Wildman–Crippen MR) is 61.7 cm³/mol. The van der Waals surface area contributed by atoms with Gasteiger partial charge in [0.15, 0.2) is 0 Å². The van der Waals surface area contributed by atoms with Crippen molar-refractivity contribution in [1.29, 1.82) is 0 Å². The molecule has 0 aliphatic heterocycles. The molecule has 19 heavy (non-hydrogen) atoms. The molecule has 1 saturated carbocycles. The van der Waals surface area contributed by atoms with E-state index >= 15 is 0 Å². The molecular formula is C12H13F3N2O2. The van der Waals surface area contributed by atoms with E-state index in [2.05, 4.69) is 5.32 Å². The zero-order chi connectivity index (χ0) is 14.2. The highest BCUT2D eigenvalue weighted by molar-refractivity contribution is 5.94. The summed E-state index contributed by atoms with van der Waals surface area (Å²) in [6, 6.07) is 1.52. The fourth-order valence-electron chi connectivity index (χ4n) is 1.82. The minimum Gasteiger partial charge on any atom is -0.349 e. The molecule has 2 N–H and O–H groups in total. The number of aromatic amines is 1. The van der Waals surface area contributed by atoms with Gasteiger partial charge in [0.1, 0.15) is 11.3 Å². The number of pyridine rings is 1. The Kier molecular flexibility index (Phi) is 3.38. The molecule has 1 atom stereocenters. The molecule has 0 radical (unpaired) electrons. The maximum absolute atomic E-state index is 12.4. The fraction of sp³-hybridized carbons (Fsp3) is 0.500. The molecule has 104 valence electrons. The Hall–Kier alpha value is -1.79. The van der Waals surface area contributed by atoms with Gasteiger partial charge in [0.25, 0.3) is 11.5 Å². The topological polar surface area (TPSA) is 62.0 Å². The van der Waals surface area contributed by atoms with Gasteiger partial charge in [-0.05, 0) is 37.8 Å². The summed E-state index contributed by atoms with van der Waals surface area (Å²) >= 11 is 0. The number of carbonyl (C=O) groups excluding carboxylic acids is 1. The number of nitrogens with one attached hydrogen (secondary N) is 2. The van der Waals surface area contributed by atoms with Crippen molar-refractivity contribution in [3.63, 3.8) is 0 Å². The minimum atomic E-state index is -4.63. The molecule has 1 aromatic heterocycles. The van der Waals surface area contributed by atoms with Gasteiger partial charge in [-0.2, -0.15) is 13.2 Å². The quantitative estimate of drug-likeness (QED) is 0.884. The van der Waals surface area contributed by atoms with Gasteiger partial charge in [-0.25, -0.2) is 0 Å². The standard InChI is InChI=1S/C12H13F3N2O2/c1-6(7-2-3-7)16-10(18)8-4-5-9(12(13,14)15)17-11(8)19/h4-7H,2-3H2,1H3,(H,16,18)(H,17,19)/t6-/m0/s1. The number of halogens is 3. The molecule has 2 rings (SSSR count). The van der Waals surface area contributed by atoms with Gasteiger partial charge < -0.3 is 10.3 Å². The smallest absolute Gasteiger partial charge is 0.349 e. The van der Waals surface area contributed by atoms with Crippen molar-refractivity contribution in [3.8, 4) is 0 Å². The number of hydrogen-bond donors (Lipinski definition) is 2. The molecule has 4 nitrogen and oxygen atoms in total. The molecule has 0 unspecified atom stereocenters. The maximum atomic E-state index is 12.4. The third-order valence-corrected chi connectivity index (χ3v) is 3.15. The Morgan fingerprint density at radius 3 is 2.53 bits per heavy atom. The Morgan fingerprint density at radius 2 is 2.05 bits per heavy atom. The molecule has 1 fully saturated rings. The van der Waals surface area contributed by atoms with Crippen LogP contribution < -0.4 is 10.9 Å². The van der Waals surface area contributed by atoms with Crippen molar-refractivity contribution < 1.29 is 18.0 Å². The van der Waals surface area contributed by atoms with Crippen molar-refractivity contribution in [2.45, 2.75) is 32.0 Å². The highest BCUT2D eigenvalue weighted by Crippen LogP contribution is 2.32. The SMILES string of the molecule is C[C@H](NC(=O)c1ccc(C(F)(F)F)[nH]c1=O)C1CC1. The van der Waals surface area contributed by atoms with E-state index in [9.17, 15) is 22.8 Å². The number of alkyl halides is 3. The zero-order valence-corrected chi connectivity index (χ0v) is 10.2. The third kappa shape index (κ3) is 3.15. The molecule has 1 amide bonds. The summed E-state index contributed by atoms with van der Waals surface area (Å²) < 4.78 is 37.1. The van der Waals surface area contributed by atoms with Crippen LogP contribution >= 0.6 is 0 Å². The maximum Gasteiger partial charge on any atom is 0.431 e. The minimum absolute atomic E-state index is 0.0748. The van der Waals surface area contributed by atoms with Crippen molar-refractivity contribution in [2.24, 2.45) is 5.92 Å². The van der Waals surface area contributed by atoms with E-state index < -0.39 is 23.3 Å². The summed E-state index contributed by atoms with van der Waals surface area (Å²) in [5, 5.41) is 2.62. The summed E-state index contributed by atoms with van der Waals surface area (Å²) in [5.41, 5.74) is -2.50. The molecule has 1 aromatic rings. The van der Waals surface area contributed by atoms with Crippen LogP contribution in [0.5, 0.6) is 0 Å². The fourth-order valence-corrected chi connectivity index (χ4v) is 1.82. The van der Waals surface area contributed by atoms with Gasteiger partial charge in [0.05, 0.1) is 0 Å². The number of carbonyl (C=O) groups is 1. The number of aromatic nitrogens is 1. The van der Waals surface area contributed by atoms with E-state index in [-0.39, 0.29) is 11.6 Å². The van der Waals surface area contributed by atoms with Crippen molar-refractivity contribution in [1.82, 2.24) is 10.3 Å². The highest BCUT2D eigenvalue weighted by atomic mass is 19.4. The first-order valence-electron chi connectivity index (χ1n) is 5.90. The van der Waals surface area contributed by atoms with Crippen LogP contribution in [0.1, 0.15) is 35.8 Å². The predicted octanol–water partition coefficient (Wildman–Crippen LogP) is 1.92. The van der Waals surface area contributed by atoms with Crippen LogP contribution in [0.2, 0.25) is 0 Å². The second-order valence-corrected chi connectivity index (χ2v) is 4.71.